The number of methoxy groups -OCH3 is 4. The lowest BCUT2D eigenvalue weighted by Crippen LogP contribution is -2.43. The number of nitrogens with zero attached hydrogens (tertiary/aromatic N) is 2. The molecular formula is C25H34N3O9+. The van der Waals surface area contributed by atoms with Crippen molar-refractivity contribution >= 4 is 18.1 Å². The van der Waals surface area contributed by atoms with Crippen molar-refractivity contribution < 1.29 is 47.4 Å². The predicted molar refractivity (Wildman–Crippen MR) is 131 cm³/mol. The molecule has 0 spiro atoms. The van der Waals surface area contributed by atoms with Crippen molar-refractivity contribution in [2.45, 2.75) is 39.5 Å². The number of ether oxygens (including phenoxy) is 6. The van der Waals surface area contributed by atoms with E-state index in [1.165, 1.54) is 35.4 Å². The normalized spacial score (nSPS) is 11.2. The summed E-state index contributed by atoms with van der Waals surface area (Å²) in [5.41, 5.74) is 6.17. The summed E-state index contributed by atoms with van der Waals surface area (Å²) in [6.07, 6.45) is -1.09. The van der Waals surface area contributed by atoms with Gasteiger partial charge in [-0.25, -0.2) is 19.1 Å². The van der Waals surface area contributed by atoms with Crippen molar-refractivity contribution in [1.82, 2.24) is 4.90 Å². The number of carbonyl (C=O) groups is 3. The molecule has 37 heavy (non-hydrogen) atoms. The Morgan fingerprint density at radius 1 is 1.00 bits per heavy atom. The summed E-state index contributed by atoms with van der Waals surface area (Å²) in [7, 11) is 5.70. The van der Waals surface area contributed by atoms with E-state index < -0.39 is 24.2 Å². The van der Waals surface area contributed by atoms with Crippen LogP contribution in [0, 0.1) is 0 Å². The summed E-state index contributed by atoms with van der Waals surface area (Å²) < 4.78 is 34.5. The molecule has 0 saturated carbocycles. The van der Waals surface area contributed by atoms with Crippen molar-refractivity contribution in [2.24, 2.45) is 5.73 Å². The Hall–Kier alpha value is -4.22. The van der Waals surface area contributed by atoms with Gasteiger partial charge in [-0.1, -0.05) is 6.07 Å². The Kier molecular flexibility index (Phi) is 10.8. The van der Waals surface area contributed by atoms with E-state index in [0.29, 0.717) is 12.1 Å². The molecule has 2 rings (SSSR count). The van der Waals surface area contributed by atoms with Crippen LogP contribution in [-0.4, -0.2) is 58.0 Å². The van der Waals surface area contributed by atoms with E-state index in [-0.39, 0.29) is 42.6 Å². The summed E-state index contributed by atoms with van der Waals surface area (Å²) in [4.78, 5) is 37.9. The van der Waals surface area contributed by atoms with Crippen LogP contribution in [0.1, 0.15) is 37.6 Å². The molecule has 0 aliphatic heterocycles. The van der Waals surface area contributed by atoms with E-state index in [1.54, 1.807) is 6.07 Å². The zero-order valence-corrected chi connectivity index (χ0v) is 21.9. The van der Waals surface area contributed by atoms with Gasteiger partial charge in [0.15, 0.2) is 17.7 Å². The fourth-order valence-electron chi connectivity index (χ4n) is 3.76. The second-order valence-corrected chi connectivity index (χ2v) is 7.68. The third-order valence-electron chi connectivity index (χ3n) is 5.53. The molecule has 0 aliphatic rings. The highest BCUT2D eigenvalue weighted by Crippen LogP contribution is 2.49. The molecule has 0 aliphatic carbocycles. The van der Waals surface area contributed by atoms with Crippen LogP contribution in [0.3, 0.4) is 0 Å². The molecule has 2 N–H and O–H groups in total. The highest BCUT2D eigenvalue weighted by atomic mass is 16.6. The van der Waals surface area contributed by atoms with Gasteiger partial charge in [0, 0.05) is 31.0 Å². The lowest BCUT2D eigenvalue weighted by molar-refractivity contribution is -0.701. The Morgan fingerprint density at radius 3 is 2.22 bits per heavy atom. The zero-order valence-electron chi connectivity index (χ0n) is 21.9. The standard InChI is InChI=1S/C25H33N3O9/c1-7-27-12-9-8-10-17(27)15-28(16(2)29)25(31)37-19(11-13-36-24(26)30)18-14-20(32-3)22(34-5)23(35-6)21(18)33-4/h8-10,12,14,19H,7,11,13,15H2,1-6H3,(H-,26,30)/p+1. The van der Waals surface area contributed by atoms with Gasteiger partial charge < -0.3 is 34.2 Å². The molecule has 0 saturated heterocycles. The highest BCUT2D eigenvalue weighted by molar-refractivity contribution is 5.90. The van der Waals surface area contributed by atoms with Gasteiger partial charge in [0.05, 0.1) is 35.0 Å². The summed E-state index contributed by atoms with van der Waals surface area (Å²) in [5, 5.41) is 0. The molecule has 1 heterocycles. The maximum atomic E-state index is 13.3. The number of aromatic nitrogens is 1. The number of pyridine rings is 1. The maximum absolute atomic E-state index is 13.3. The minimum absolute atomic E-state index is 0.00425. The van der Waals surface area contributed by atoms with Gasteiger partial charge in [-0.15, -0.1) is 0 Å². The molecular weight excluding hydrogens is 486 g/mol. The second-order valence-electron chi connectivity index (χ2n) is 7.68. The topological polar surface area (TPSA) is 140 Å². The smallest absolute Gasteiger partial charge is 0.417 e. The number of amides is 3. The van der Waals surface area contributed by atoms with E-state index in [2.05, 4.69) is 0 Å². The molecule has 3 amide bonds. The van der Waals surface area contributed by atoms with Crippen molar-refractivity contribution in [3.05, 3.63) is 41.7 Å². The molecule has 1 aromatic carbocycles. The van der Waals surface area contributed by atoms with Crippen LogP contribution in [0.15, 0.2) is 30.5 Å². The first-order chi connectivity index (χ1) is 17.7. The first kappa shape index (κ1) is 29.0. The number of rotatable bonds is 12. The third kappa shape index (κ3) is 7.15. The molecule has 202 valence electrons. The number of hydrogen-bond acceptors (Lipinski definition) is 9. The fourth-order valence-corrected chi connectivity index (χ4v) is 3.76. The number of benzene rings is 1. The number of hydrogen-bond donors (Lipinski definition) is 1. The zero-order chi connectivity index (χ0) is 27.5. The molecule has 12 heteroatoms. The van der Waals surface area contributed by atoms with Crippen molar-refractivity contribution in [3.8, 4) is 23.0 Å². The van der Waals surface area contributed by atoms with Gasteiger partial charge in [0.2, 0.25) is 23.1 Å². The summed E-state index contributed by atoms with van der Waals surface area (Å²) in [5.74, 6) is 0.443. The monoisotopic (exact) mass is 520 g/mol. The molecule has 1 unspecified atom stereocenters. The maximum Gasteiger partial charge on any atom is 0.417 e. The fraction of sp³-hybridized carbons (Fsp3) is 0.440. The quantitative estimate of drug-likeness (QED) is 0.418. The highest BCUT2D eigenvalue weighted by Gasteiger charge is 2.32. The average Bonchev–Trinajstić information content (AvgIpc) is 2.89. The SMILES string of the molecule is CC[n+]1ccccc1CN(C(C)=O)C(=O)OC(CCOC(N)=O)c1cc(OC)c(OC)c(OC)c1OC. The molecule has 2 aromatic rings. The lowest BCUT2D eigenvalue weighted by Gasteiger charge is -2.26. The minimum Gasteiger partial charge on any atom is -0.493 e. The number of imide groups is 1. The molecule has 0 radical (unpaired) electrons. The summed E-state index contributed by atoms with van der Waals surface area (Å²) >= 11 is 0. The van der Waals surface area contributed by atoms with E-state index in [4.69, 9.17) is 34.2 Å². The predicted octanol–water partition coefficient (Wildman–Crippen LogP) is 2.74. The number of carbonyl (C=O) groups excluding carboxylic acids is 3. The van der Waals surface area contributed by atoms with Crippen LogP contribution >= 0.6 is 0 Å². The van der Waals surface area contributed by atoms with Gasteiger partial charge in [-0.2, -0.15) is 0 Å². The van der Waals surface area contributed by atoms with Gasteiger partial charge in [-0.05, 0) is 13.0 Å². The Labute approximate surface area is 215 Å². The number of aryl methyl sites for hydroxylation is 1. The second kappa shape index (κ2) is 13.8. The average molecular weight is 521 g/mol. The van der Waals surface area contributed by atoms with Gasteiger partial charge in [-0.3, -0.25) is 4.79 Å². The van der Waals surface area contributed by atoms with E-state index >= 15 is 0 Å². The molecule has 12 nitrogen and oxygen atoms in total. The number of primary amides is 1. The molecule has 0 bridgehead atoms. The Balaban J connectivity index is 2.51. The number of nitrogens with two attached hydrogens (primary N) is 1. The first-order valence-corrected chi connectivity index (χ1v) is 11.5. The van der Waals surface area contributed by atoms with E-state index in [0.717, 1.165) is 10.6 Å². The van der Waals surface area contributed by atoms with E-state index in [9.17, 15) is 14.4 Å². The van der Waals surface area contributed by atoms with Crippen LogP contribution in [0.25, 0.3) is 0 Å². The van der Waals surface area contributed by atoms with Gasteiger partial charge >= 0.3 is 12.2 Å². The van der Waals surface area contributed by atoms with Gasteiger partial charge in [0.1, 0.15) is 19.2 Å². The molecule has 1 aromatic heterocycles. The largest absolute Gasteiger partial charge is 0.493 e. The summed E-state index contributed by atoms with van der Waals surface area (Å²) in [6, 6.07) is 7.04. The summed E-state index contributed by atoms with van der Waals surface area (Å²) in [6.45, 7) is 3.67. The van der Waals surface area contributed by atoms with E-state index in [1.807, 2.05) is 35.9 Å². The first-order valence-electron chi connectivity index (χ1n) is 11.5. The van der Waals surface area contributed by atoms with Crippen LogP contribution in [-0.2, 0) is 27.4 Å². The van der Waals surface area contributed by atoms with Crippen LogP contribution < -0.4 is 29.2 Å². The minimum atomic E-state index is -1.05. The molecule has 1 atom stereocenters. The van der Waals surface area contributed by atoms with Crippen LogP contribution in [0.5, 0.6) is 23.0 Å². The van der Waals surface area contributed by atoms with Gasteiger partial charge in [0.25, 0.3) is 0 Å². The van der Waals surface area contributed by atoms with Crippen molar-refractivity contribution in [3.63, 3.8) is 0 Å². The molecule has 0 fully saturated rings. The Morgan fingerprint density at radius 2 is 1.68 bits per heavy atom. The lowest BCUT2D eigenvalue weighted by atomic mass is 10.0. The van der Waals surface area contributed by atoms with Crippen molar-refractivity contribution in [1.29, 1.82) is 0 Å². The Bertz CT molecular complexity index is 1110. The van der Waals surface area contributed by atoms with Crippen molar-refractivity contribution in [2.75, 3.05) is 35.0 Å². The van der Waals surface area contributed by atoms with Crippen LogP contribution in [0.4, 0.5) is 9.59 Å². The van der Waals surface area contributed by atoms with Crippen LogP contribution in [0.2, 0.25) is 0 Å². The third-order valence-corrected chi connectivity index (χ3v) is 5.53.